The van der Waals surface area contributed by atoms with Gasteiger partial charge < -0.3 is 15.5 Å². The summed E-state index contributed by atoms with van der Waals surface area (Å²) in [5, 5.41) is 6.19. The molecule has 0 aromatic heterocycles. The molecule has 29 heavy (non-hydrogen) atoms. The van der Waals surface area contributed by atoms with Gasteiger partial charge in [-0.25, -0.2) is 0 Å². The Kier molecular flexibility index (Phi) is 6.13. The summed E-state index contributed by atoms with van der Waals surface area (Å²) in [5.74, 6) is 0.623. The van der Waals surface area contributed by atoms with Crippen LogP contribution in [0.5, 0.6) is 0 Å². The van der Waals surface area contributed by atoms with Crippen molar-refractivity contribution in [3.05, 3.63) is 59.7 Å². The second-order valence-corrected chi connectivity index (χ2v) is 8.08. The molecule has 1 aliphatic heterocycles. The Hall–Kier alpha value is -2.82. The highest BCUT2D eigenvalue weighted by Gasteiger charge is 2.25. The van der Waals surface area contributed by atoms with Crippen molar-refractivity contribution in [2.45, 2.75) is 38.5 Å². The zero-order valence-electron chi connectivity index (χ0n) is 16.8. The maximum absolute atomic E-state index is 13.0. The van der Waals surface area contributed by atoms with Crippen LogP contribution in [-0.2, 0) is 11.2 Å². The van der Waals surface area contributed by atoms with Gasteiger partial charge in [-0.15, -0.1) is 0 Å². The third kappa shape index (κ3) is 4.78. The summed E-state index contributed by atoms with van der Waals surface area (Å²) in [5.41, 5.74) is 3.63. The van der Waals surface area contributed by atoms with Crippen molar-refractivity contribution in [1.82, 2.24) is 5.32 Å². The van der Waals surface area contributed by atoms with Crippen LogP contribution in [0.2, 0.25) is 0 Å². The Morgan fingerprint density at radius 1 is 1.00 bits per heavy atom. The van der Waals surface area contributed by atoms with E-state index >= 15 is 0 Å². The van der Waals surface area contributed by atoms with Gasteiger partial charge in [0.1, 0.15) is 0 Å². The lowest BCUT2D eigenvalue weighted by atomic mass is 9.89. The van der Waals surface area contributed by atoms with Crippen LogP contribution >= 0.6 is 0 Å². The molecule has 2 aromatic carbocycles. The molecule has 1 aliphatic carbocycles. The number of carbonyl (C=O) groups is 2. The maximum Gasteiger partial charge on any atom is 0.258 e. The Morgan fingerprint density at radius 2 is 1.83 bits per heavy atom. The number of nitrogens with zero attached hydrogens (tertiary/aromatic N) is 1. The summed E-state index contributed by atoms with van der Waals surface area (Å²) < 4.78 is 0. The van der Waals surface area contributed by atoms with Gasteiger partial charge in [-0.05, 0) is 55.0 Å². The number of amides is 2. The van der Waals surface area contributed by atoms with E-state index in [4.69, 9.17) is 0 Å². The molecule has 152 valence electrons. The first kappa shape index (κ1) is 19.5. The molecule has 1 heterocycles. The Bertz CT molecular complexity index is 874. The van der Waals surface area contributed by atoms with Gasteiger partial charge in [0.25, 0.3) is 5.91 Å². The van der Waals surface area contributed by atoms with E-state index < -0.39 is 0 Å². The predicted molar refractivity (Wildman–Crippen MR) is 116 cm³/mol. The van der Waals surface area contributed by atoms with Gasteiger partial charge in [-0.2, -0.15) is 0 Å². The van der Waals surface area contributed by atoms with Crippen molar-refractivity contribution in [3.63, 3.8) is 0 Å². The third-order valence-electron chi connectivity index (χ3n) is 6.01. The van der Waals surface area contributed by atoms with Crippen LogP contribution < -0.4 is 15.5 Å². The highest BCUT2D eigenvalue weighted by molar-refractivity contribution is 6.07. The summed E-state index contributed by atoms with van der Waals surface area (Å²) in [6.07, 6.45) is 7.21. The molecule has 0 unspecified atom stereocenters. The highest BCUT2D eigenvalue weighted by Crippen LogP contribution is 2.29. The van der Waals surface area contributed by atoms with Crippen LogP contribution in [0.15, 0.2) is 48.5 Å². The lowest BCUT2D eigenvalue weighted by molar-refractivity contribution is -0.119. The maximum atomic E-state index is 13.0. The van der Waals surface area contributed by atoms with E-state index in [2.05, 4.69) is 16.7 Å². The molecule has 5 heteroatoms. The van der Waals surface area contributed by atoms with Gasteiger partial charge in [0.2, 0.25) is 5.91 Å². The molecule has 5 nitrogen and oxygen atoms in total. The minimum absolute atomic E-state index is 0.000324. The van der Waals surface area contributed by atoms with Gasteiger partial charge in [0, 0.05) is 30.0 Å². The van der Waals surface area contributed by atoms with Gasteiger partial charge in [-0.3, -0.25) is 9.59 Å². The van der Waals surface area contributed by atoms with Crippen LogP contribution in [0.1, 0.15) is 48.0 Å². The molecule has 2 amide bonds. The average molecular weight is 392 g/mol. The van der Waals surface area contributed by atoms with Crippen LogP contribution in [0.3, 0.4) is 0 Å². The second kappa shape index (κ2) is 9.12. The number of para-hydroxylation sites is 1. The van der Waals surface area contributed by atoms with Crippen molar-refractivity contribution in [3.8, 4) is 0 Å². The van der Waals surface area contributed by atoms with Gasteiger partial charge >= 0.3 is 0 Å². The van der Waals surface area contributed by atoms with Crippen LogP contribution in [-0.4, -0.2) is 31.4 Å². The summed E-state index contributed by atoms with van der Waals surface area (Å²) in [4.78, 5) is 27.0. The molecule has 0 atom stereocenters. The van der Waals surface area contributed by atoms with Gasteiger partial charge in [0.15, 0.2) is 0 Å². The molecule has 0 saturated heterocycles. The number of benzene rings is 2. The van der Waals surface area contributed by atoms with Crippen molar-refractivity contribution in [1.29, 1.82) is 0 Å². The first-order valence-electron chi connectivity index (χ1n) is 10.7. The second-order valence-electron chi connectivity index (χ2n) is 8.08. The van der Waals surface area contributed by atoms with Crippen LogP contribution in [0.25, 0.3) is 0 Å². The SMILES string of the molecule is O=C(CNc1cccc(C(=O)N2CCc3ccccc32)c1)NCC1CCCCC1. The van der Waals surface area contributed by atoms with Gasteiger partial charge in [-0.1, -0.05) is 43.5 Å². The van der Waals surface area contributed by atoms with E-state index in [1.807, 2.05) is 47.4 Å². The van der Waals surface area contributed by atoms with Crippen molar-refractivity contribution < 1.29 is 9.59 Å². The largest absolute Gasteiger partial charge is 0.376 e. The molecular weight excluding hydrogens is 362 g/mol. The fourth-order valence-corrected chi connectivity index (χ4v) is 4.36. The topological polar surface area (TPSA) is 61.4 Å². The van der Waals surface area contributed by atoms with Gasteiger partial charge in [0.05, 0.1) is 6.54 Å². The lowest BCUT2D eigenvalue weighted by Crippen LogP contribution is -2.34. The Morgan fingerprint density at radius 3 is 2.69 bits per heavy atom. The zero-order chi connectivity index (χ0) is 20.1. The minimum Gasteiger partial charge on any atom is -0.376 e. The van der Waals surface area contributed by atoms with E-state index in [0.717, 1.165) is 24.3 Å². The first-order valence-corrected chi connectivity index (χ1v) is 10.7. The van der Waals surface area contributed by atoms with E-state index in [9.17, 15) is 9.59 Å². The quantitative estimate of drug-likeness (QED) is 0.782. The number of hydrogen-bond acceptors (Lipinski definition) is 3. The molecule has 2 aliphatic rings. The lowest BCUT2D eigenvalue weighted by Gasteiger charge is -2.21. The molecule has 2 aromatic rings. The Labute approximate surface area is 172 Å². The standard InChI is InChI=1S/C24H29N3O2/c28-23(26-16-18-7-2-1-3-8-18)17-25-21-11-6-10-20(15-21)24(29)27-14-13-19-9-4-5-12-22(19)27/h4-6,9-12,15,18,25H,1-3,7-8,13-14,16-17H2,(H,26,28). The highest BCUT2D eigenvalue weighted by atomic mass is 16.2. The van der Waals surface area contributed by atoms with E-state index in [0.29, 0.717) is 18.0 Å². The average Bonchev–Trinajstić information content (AvgIpc) is 3.21. The van der Waals surface area contributed by atoms with Crippen molar-refractivity contribution in [2.24, 2.45) is 5.92 Å². The number of rotatable bonds is 6. The first-order chi connectivity index (χ1) is 14.2. The minimum atomic E-state index is 0.000324. The number of anilines is 2. The zero-order valence-corrected chi connectivity index (χ0v) is 16.8. The van der Waals surface area contributed by atoms with Crippen LogP contribution in [0.4, 0.5) is 11.4 Å². The monoisotopic (exact) mass is 391 g/mol. The molecule has 0 bridgehead atoms. The predicted octanol–water partition coefficient (Wildman–Crippen LogP) is 4.00. The van der Waals surface area contributed by atoms with E-state index in [1.165, 1.54) is 37.7 Å². The Balaban J connectivity index is 1.32. The molecule has 0 spiro atoms. The molecule has 1 fully saturated rings. The van der Waals surface area contributed by atoms with Crippen molar-refractivity contribution in [2.75, 3.05) is 29.9 Å². The number of hydrogen-bond donors (Lipinski definition) is 2. The molecule has 1 saturated carbocycles. The summed E-state index contributed by atoms with van der Waals surface area (Å²) in [6, 6.07) is 15.5. The third-order valence-corrected chi connectivity index (χ3v) is 6.01. The summed E-state index contributed by atoms with van der Waals surface area (Å²) in [6.45, 7) is 1.70. The van der Waals surface area contributed by atoms with E-state index in [1.54, 1.807) is 0 Å². The summed E-state index contributed by atoms with van der Waals surface area (Å²) >= 11 is 0. The molecule has 2 N–H and O–H groups in total. The number of fused-ring (bicyclic) bond motifs is 1. The number of carbonyl (C=O) groups excluding carboxylic acids is 2. The fraction of sp³-hybridized carbons (Fsp3) is 0.417. The molecule has 4 rings (SSSR count). The number of nitrogens with one attached hydrogen (secondary N) is 2. The molecule has 0 radical (unpaired) electrons. The molecular formula is C24H29N3O2. The van der Waals surface area contributed by atoms with E-state index in [-0.39, 0.29) is 18.4 Å². The van der Waals surface area contributed by atoms with Crippen LogP contribution in [0, 0.1) is 5.92 Å². The van der Waals surface area contributed by atoms with Crippen molar-refractivity contribution >= 4 is 23.2 Å². The fourth-order valence-electron chi connectivity index (χ4n) is 4.36. The smallest absolute Gasteiger partial charge is 0.258 e. The summed E-state index contributed by atoms with van der Waals surface area (Å²) in [7, 11) is 0. The normalized spacial score (nSPS) is 16.3.